The minimum absolute atomic E-state index is 0.131. The molecule has 0 spiro atoms. The summed E-state index contributed by atoms with van der Waals surface area (Å²) in [5, 5.41) is 6.22. The van der Waals surface area contributed by atoms with Gasteiger partial charge in [0.15, 0.2) is 0 Å². The van der Waals surface area contributed by atoms with Crippen LogP contribution in [0.2, 0.25) is 0 Å². The van der Waals surface area contributed by atoms with Crippen LogP contribution in [-0.2, 0) is 0 Å². The first-order chi connectivity index (χ1) is 7.75. The standard InChI is InChI=1S/C12H19N3O/c1-15(9-10-5-3-2-4-6-10)11-7-12(16)14-13-8-11/h7-8,10H,2-6,9H2,1H3,(H,14,16). The molecular weight excluding hydrogens is 202 g/mol. The lowest BCUT2D eigenvalue weighted by atomic mass is 9.89. The molecule has 0 aromatic carbocycles. The van der Waals surface area contributed by atoms with Gasteiger partial charge in [0.25, 0.3) is 5.56 Å². The van der Waals surface area contributed by atoms with Gasteiger partial charge in [-0.3, -0.25) is 4.79 Å². The molecule has 0 bridgehead atoms. The van der Waals surface area contributed by atoms with Crippen LogP contribution in [0.3, 0.4) is 0 Å². The van der Waals surface area contributed by atoms with Crippen LogP contribution in [0.5, 0.6) is 0 Å². The summed E-state index contributed by atoms with van der Waals surface area (Å²) in [7, 11) is 2.03. The second-order valence-corrected chi connectivity index (χ2v) is 4.69. The fourth-order valence-electron chi connectivity index (χ4n) is 2.44. The molecule has 4 nitrogen and oxygen atoms in total. The molecule has 0 unspecified atom stereocenters. The Morgan fingerprint density at radius 1 is 1.44 bits per heavy atom. The minimum atomic E-state index is -0.131. The minimum Gasteiger partial charge on any atom is -0.373 e. The number of hydrogen-bond acceptors (Lipinski definition) is 3. The monoisotopic (exact) mass is 221 g/mol. The van der Waals surface area contributed by atoms with Crippen LogP contribution in [0.4, 0.5) is 5.69 Å². The van der Waals surface area contributed by atoms with E-state index in [0.29, 0.717) is 0 Å². The van der Waals surface area contributed by atoms with E-state index in [2.05, 4.69) is 15.1 Å². The Morgan fingerprint density at radius 2 is 2.19 bits per heavy atom. The zero-order chi connectivity index (χ0) is 11.4. The normalized spacial score (nSPS) is 17.3. The lowest BCUT2D eigenvalue weighted by Crippen LogP contribution is -2.27. The van der Waals surface area contributed by atoms with E-state index >= 15 is 0 Å². The fourth-order valence-corrected chi connectivity index (χ4v) is 2.44. The fraction of sp³-hybridized carbons (Fsp3) is 0.667. The zero-order valence-corrected chi connectivity index (χ0v) is 9.78. The van der Waals surface area contributed by atoms with E-state index in [1.807, 2.05) is 7.05 Å². The van der Waals surface area contributed by atoms with Gasteiger partial charge in [0, 0.05) is 19.7 Å². The third-order valence-corrected chi connectivity index (χ3v) is 3.35. The molecule has 88 valence electrons. The van der Waals surface area contributed by atoms with Crippen molar-refractivity contribution in [1.29, 1.82) is 0 Å². The molecule has 0 atom stereocenters. The van der Waals surface area contributed by atoms with Crippen molar-refractivity contribution in [2.24, 2.45) is 5.92 Å². The van der Waals surface area contributed by atoms with Crippen molar-refractivity contribution in [3.8, 4) is 0 Å². The van der Waals surface area contributed by atoms with Crippen molar-refractivity contribution < 1.29 is 0 Å². The number of aromatic nitrogens is 2. The highest BCUT2D eigenvalue weighted by atomic mass is 16.1. The zero-order valence-electron chi connectivity index (χ0n) is 9.78. The highest BCUT2D eigenvalue weighted by molar-refractivity contribution is 5.41. The first-order valence-electron chi connectivity index (χ1n) is 6.01. The van der Waals surface area contributed by atoms with E-state index in [9.17, 15) is 4.79 Å². The number of H-pyrrole nitrogens is 1. The number of anilines is 1. The smallest absolute Gasteiger partial charge is 0.266 e. The van der Waals surface area contributed by atoms with E-state index in [1.54, 1.807) is 12.3 Å². The largest absolute Gasteiger partial charge is 0.373 e. The molecule has 1 fully saturated rings. The van der Waals surface area contributed by atoms with Gasteiger partial charge in [-0.1, -0.05) is 19.3 Å². The molecule has 0 aliphatic heterocycles. The molecule has 1 saturated carbocycles. The van der Waals surface area contributed by atoms with Gasteiger partial charge in [-0.15, -0.1) is 0 Å². The molecule has 1 aromatic rings. The predicted molar refractivity (Wildman–Crippen MR) is 64.7 cm³/mol. The van der Waals surface area contributed by atoms with Crippen molar-refractivity contribution in [3.05, 3.63) is 22.6 Å². The average Bonchev–Trinajstić information content (AvgIpc) is 2.30. The van der Waals surface area contributed by atoms with Crippen LogP contribution >= 0.6 is 0 Å². The first kappa shape index (κ1) is 11.2. The van der Waals surface area contributed by atoms with Crippen LogP contribution in [0.25, 0.3) is 0 Å². The molecule has 1 aliphatic carbocycles. The third kappa shape index (κ3) is 2.84. The molecule has 0 radical (unpaired) electrons. The number of aromatic amines is 1. The van der Waals surface area contributed by atoms with Crippen molar-refractivity contribution in [2.45, 2.75) is 32.1 Å². The van der Waals surface area contributed by atoms with E-state index in [0.717, 1.165) is 18.2 Å². The van der Waals surface area contributed by atoms with E-state index in [1.165, 1.54) is 32.1 Å². The topological polar surface area (TPSA) is 49.0 Å². The van der Waals surface area contributed by atoms with Gasteiger partial charge in [-0.25, -0.2) is 5.10 Å². The number of rotatable bonds is 3. The maximum absolute atomic E-state index is 11.1. The number of nitrogens with zero attached hydrogens (tertiary/aromatic N) is 2. The van der Waals surface area contributed by atoms with Crippen LogP contribution in [0, 0.1) is 5.92 Å². The Kier molecular flexibility index (Phi) is 3.59. The molecule has 2 rings (SSSR count). The molecule has 4 heteroatoms. The summed E-state index contributed by atoms with van der Waals surface area (Å²) in [5.41, 5.74) is 0.780. The van der Waals surface area contributed by atoms with Crippen LogP contribution in [0.1, 0.15) is 32.1 Å². The second kappa shape index (κ2) is 5.14. The van der Waals surface area contributed by atoms with Gasteiger partial charge >= 0.3 is 0 Å². The van der Waals surface area contributed by atoms with Gasteiger partial charge in [-0.05, 0) is 18.8 Å². The summed E-state index contributed by atoms with van der Waals surface area (Å²) in [4.78, 5) is 13.3. The molecule has 0 saturated heterocycles. The molecule has 1 N–H and O–H groups in total. The Hall–Kier alpha value is -1.32. The Labute approximate surface area is 95.7 Å². The molecule has 1 aromatic heterocycles. The summed E-state index contributed by atoms with van der Waals surface area (Å²) < 4.78 is 0. The Balaban J connectivity index is 1.96. The highest BCUT2D eigenvalue weighted by Gasteiger charge is 2.15. The van der Waals surface area contributed by atoms with Gasteiger partial charge in [0.05, 0.1) is 11.9 Å². The molecule has 16 heavy (non-hydrogen) atoms. The summed E-state index contributed by atoms with van der Waals surface area (Å²) >= 11 is 0. The van der Waals surface area contributed by atoms with Gasteiger partial charge in [0.1, 0.15) is 0 Å². The summed E-state index contributed by atoms with van der Waals surface area (Å²) in [6, 6.07) is 1.61. The van der Waals surface area contributed by atoms with Crippen molar-refractivity contribution in [3.63, 3.8) is 0 Å². The van der Waals surface area contributed by atoms with Crippen molar-refractivity contribution in [1.82, 2.24) is 10.2 Å². The second-order valence-electron chi connectivity index (χ2n) is 4.69. The maximum atomic E-state index is 11.1. The summed E-state index contributed by atoms with van der Waals surface area (Å²) in [6.07, 6.45) is 8.44. The predicted octanol–water partition coefficient (Wildman–Crippen LogP) is 1.79. The van der Waals surface area contributed by atoms with Crippen LogP contribution < -0.4 is 10.5 Å². The maximum Gasteiger partial charge on any atom is 0.266 e. The van der Waals surface area contributed by atoms with Gasteiger partial charge < -0.3 is 4.90 Å². The summed E-state index contributed by atoms with van der Waals surface area (Å²) in [6.45, 7) is 1.03. The number of nitrogens with one attached hydrogen (secondary N) is 1. The molecular formula is C12H19N3O. The third-order valence-electron chi connectivity index (χ3n) is 3.35. The quantitative estimate of drug-likeness (QED) is 0.846. The van der Waals surface area contributed by atoms with Crippen LogP contribution in [-0.4, -0.2) is 23.8 Å². The SMILES string of the molecule is CN(CC1CCCCC1)c1cn[nH]c(=O)c1. The first-order valence-corrected chi connectivity index (χ1v) is 6.01. The highest BCUT2D eigenvalue weighted by Crippen LogP contribution is 2.25. The Bertz CT molecular complexity index is 382. The van der Waals surface area contributed by atoms with E-state index in [-0.39, 0.29) is 5.56 Å². The Morgan fingerprint density at radius 3 is 2.88 bits per heavy atom. The van der Waals surface area contributed by atoms with Crippen molar-refractivity contribution >= 4 is 5.69 Å². The van der Waals surface area contributed by atoms with E-state index in [4.69, 9.17) is 0 Å². The van der Waals surface area contributed by atoms with Gasteiger partial charge in [0.2, 0.25) is 0 Å². The lowest BCUT2D eigenvalue weighted by Gasteiger charge is -2.27. The summed E-state index contributed by atoms with van der Waals surface area (Å²) in [5.74, 6) is 0.776. The lowest BCUT2D eigenvalue weighted by molar-refractivity contribution is 0.362. The average molecular weight is 221 g/mol. The van der Waals surface area contributed by atoms with Gasteiger partial charge in [-0.2, -0.15) is 5.10 Å². The molecule has 0 amide bonds. The van der Waals surface area contributed by atoms with Crippen molar-refractivity contribution in [2.75, 3.05) is 18.5 Å². The number of hydrogen-bond donors (Lipinski definition) is 1. The van der Waals surface area contributed by atoms with Crippen LogP contribution in [0.15, 0.2) is 17.1 Å². The molecule has 1 aliphatic rings. The molecule has 1 heterocycles. The van der Waals surface area contributed by atoms with E-state index < -0.39 is 0 Å².